The van der Waals surface area contributed by atoms with E-state index in [0.717, 1.165) is 23.7 Å². The summed E-state index contributed by atoms with van der Waals surface area (Å²) in [5.41, 5.74) is 0.533. The average Bonchev–Trinajstić information content (AvgIpc) is 2.50. The van der Waals surface area contributed by atoms with Gasteiger partial charge < -0.3 is 4.90 Å². The van der Waals surface area contributed by atoms with E-state index < -0.39 is 0 Å². The van der Waals surface area contributed by atoms with Crippen molar-refractivity contribution in [3.05, 3.63) is 10.7 Å². The van der Waals surface area contributed by atoms with Gasteiger partial charge in [0.1, 0.15) is 16.6 Å². The van der Waals surface area contributed by atoms with Crippen molar-refractivity contribution in [2.24, 2.45) is 0 Å². The molecule has 0 aromatic carbocycles. The quantitative estimate of drug-likeness (QED) is 0.789. The Kier molecular flexibility index (Phi) is 3.95. The second kappa shape index (κ2) is 5.26. The maximum atomic E-state index is 9.08. The molecule has 1 aliphatic rings. The van der Waals surface area contributed by atoms with E-state index in [4.69, 9.17) is 16.9 Å². The van der Waals surface area contributed by atoms with Gasteiger partial charge in [0.05, 0.1) is 0 Å². The minimum atomic E-state index is 0.339. The molecule has 1 fully saturated rings. The normalized spacial score (nSPS) is 21.6. The van der Waals surface area contributed by atoms with E-state index in [1.165, 1.54) is 17.3 Å². The number of nitriles is 1. The van der Waals surface area contributed by atoms with Crippen LogP contribution in [-0.2, 0) is 0 Å². The number of anilines is 1. The molecule has 0 bridgehead atoms. The molecule has 0 saturated carbocycles. The first-order valence-electron chi connectivity index (χ1n) is 5.13. The summed E-state index contributed by atoms with van der Waals surface area (Å²) >= 11 is 9.20. The van der Waals surface area contributed by atoms with Gasteiger partial charge in [-0.05, 0) is 30.6 Å². The number of thioether (sulfide) groups is 1. The van der Waals surface area contributed by atoms with Crippen LogP contribution in [0.25, 0.3) is 0 Å². The van der Waals surface area contributed by atoms with Crippen LogP contribution in [0.15, 0.2) is 0 Å². The van der Waals surface area contributed by atoms with Gasteiger partial charge in [-0.15, -0.1) is 0 Å². The van der Waals surface area contributed by atoms with Crippen LogP contribution in [0.1, 0.15) is 18.9 Å². The zero-order valence-corrected chi connectivity index (χ0v) is 11.3. The van der Waals surface area contributed by atoms with Crippen molar-refractivity contribution in [1.82, 2.24) is 4.37 Å². The van der Waals surface area contributed by atoms with E-state index in [1.807, 2.05) is 11.8 Å². The monoisotopic (exact) mass is 273 g/mol. The van der Waals surface area contributed by atoms with Gasteiger partial charge in [0, 0.05) is 18.3 Å². The standard InChI is InChI=1S/C10H12ClN3S2/c1-7-2-4-15-5-3-14(7)10-8(6-12)9(11)13-16-10/h7H,2-5H2,1H3. The molecule has 1 atom stereocenters. The lowest BCUT2D eigenvalue weighted by Crippen LogP contribution is -2.33. The van der Waals surface area contributed by atoms with Crippen LogP contribution in [0.4, 0.5) is 5.00 Å². The molecule has 1 aromatic rings. The van der Waals surface area contributed by atoms with E-state index >= 15 is 0 Å². The average molecular weight is 274 g/mol. The van der Waals surface area contributed by atoms with Crippen LogP contribution in [-0.4, -0.2) is 28.5 Å². The highest BCUT2D eigenvalue weighted by Gasteiger charge is 2.23. The fourth-order valence-corrected chi connectivity index (χ4v) is 3.95. The number of rotatable bonds is 1. The molecular formula is C10H12ClN3S2. The van der Waals surface area contributed by atoms with Crippen molar-refractivity contribution in [3.8, 4) is 6.07 Å². The van der Waals surface area contributed by atoms with E-state index in [9.17, 15) is 0 Å². The summed E-state index contributed by atoms with van der Waals surface area (Å²) in [7, 11) is 0. The maximum Gasteiger partial charge on any atom is 0.162 e. The Morgan fingerprint density at radius 1 is 1.56 bits per heavy atom. The molecule has 0 aliphatic carbocycles. The van der Waals surface area contributed by atoms with Crippen LogP contribution in [0.5, 0.6) is 0 Å². The first kappa shape index (κ1) is 12.0. The third kappa shape index (κ3) is 2.29. The molecule has 1 aliphatic heterocycles. The molecule has 16 heavy (non-hydrogen) atoms. The summed E-state index contributed by atoms with van der Waals surface area (Å²) in [5, 5.41) is 10.3. The van der Waals surface area contributed by atoms with Crippen molar-refractivity contribution in [2.45, 2.75) is 19.4 Å². The number of hydrogen-bond donors (Lipinski definition) is 0. The van der Waals surface area contributed by atoms with Crippen molar-refractivity contribution in [1.29, 1.82) is 5.26 Å². The number of hydrogen-bond acceptors (Lipinski definition) is 5. The van der Waals surface area contributed by atoms with Crippen molar-refractivity contribution in [3.63, 3.8) is 0 Å². The van der Waals surface area contributed by atoms with E-state index in [-0.39, 0.29) is 0 Å². The zero-order valence-electron chi connectivity index (χ0n) is 8.94. The van der Waals surface area contributed by atoms with Gasteiger partial charge in [-0.2, -0.15) is 21.4 Å². The van der Waals surface area contributed by atoms with Gasteiger partial charge in [0.25, 0.3) is 0 Å². The van der Waals surface area contributed by atoms with E-state index in [2.05, 4.69) is 22.3 Å². The molecule has 1 saturated heterocycles. The number of nitrogens with zero attached hydrogens (tertiary/aromatic N) is 3. The van der Waals surface area contributed by atoms with Gasteiger partial charge in [-0.3, -0.25) is 0 Å². The lowest BCUT2D eigenvalue weighted by molar-refractivity contribution is 0.650. The summed E-state index contributed by atoms with van der Waals surface area (Å²) in [6.45, 7) is 3.17. The second-order valence-corrected chi connectivity index (χ2v) is 6.04. The van der Waals surface area contributed by atoms with Crippen molar-refractivity contribution >= 4 is 39.9 Å². The molecule has 6 heteroatoms. The van der Waals surface area contributed by atoms with Crippen LogP contribution < -0.4 is 4.90 Å². The molecule has 2 rings (SSSR count). The molecule has 0 amide bonds. The SMILES string of the molecule is CC1CCSCCN1c1snc(Cl)c1C#N. The fraction of sp³-hybridized carbons (Fsp3) is 0.600. The second-order valence-electron chi connectivity index (χ2n) is 3.71. The minimum absolute atomic E-state index is 0.339. The van der Waals surface area contributed by atoms with Gasteiger partial charge in [0.2, 0.25) is 0 Å². The topological polar surface area (TPSA) is 39.9 Å². The summed E-state index contributed by atoms with van der Waals surface area (Å²) in [4.78, 5) is 2.27. The summed E-state index contributed by atoms with van der Waals surface area (Å²) < 4.78 is 4.06. The summed E-state index contributed by atoms with van der Waals surface area (Å²) in [6.07, 6.45) is 1.14. The summed E-state index contributed by atoms with van der Waals surface area (Å²) in [5.74, 6) is 2.29. The molecule has 0 N–H and O–H groups in total. The first-order valence-corrected chi connectivity index (χ1v) is 7.44. The Morgan fingerprint density at radius 2 is 2.38 bits per heavy atom. The van der Waals surface area contributed by atoms with Gasteiger partial charge in [0.15, 0.2) is 5.15 Å². The van der Waals surface area contributed by atoms with Crippen LogP contribution in [0, 0.1) is 11.3 Å². The molecule has 86 valence electrons. The Bertz CT molecular complexity index is 413. The van der Waals surface area contributed by atoms with Gasteiger partial charge >= 0.3 is 0 Å². The lowest BCUT2D eigenvalue weighted by Gasteiger charge is -2.27. The number of halogens is 1. The highest BCUT2D eigenvalue weighted by Crippen LogP contribution is 2.34. The van der Waals surface area contributed by atoms with Gasteiger partial charge in [-0.25, -0.2) is 0 Å². The van der Waals surface area contributed by atoms with Crippen molar-refractivity contribution < 1.29 is 0 Å². The highest BCUT2D eigenvalue weighted by molar-refractivity contribution is 7.99. The largest absolute Gasteiger partial charge is 0.357 e. The maximum absolute atomic E-state index is 9.08. The highest BCUT2D eigenvalue weighted by atomic mass is 35.5. The predicted octanol–water partition coefficient (Wildman–Crippen LogP) is 3.00. The molecule has 1 unspecified atom stereocenters. The Balaban J connectivity index is 2.31. The van der Waals surface area contributed by atoms with Crippen LogP contribution in [0.2, 0.25) is 5.15 Å². The van der Waals surface area contributed by atoms with Crippen LogP contribution in [0.3, 0.4) is 0 Å². The Morgan fingerprint density at radius 3 is 3.12 bits per heavy atom. The molecule has 0 spiro atoms. The third-order valence-electron chi connectivity index (χ3n) is 2.69. The first-order chi connectivity index (χ1) is 7.74. The van der Waals surface area contributed by atoms with E-state index in [1.54, 1.807) is 0 Å². The minimum Gasteiger partial charge on any atom is -0.357 e. The Hall–Kier alpha value is -0.440. The van der Waals surface area contributed by atoms with Crippen molar-refractivity contribution in [2.75, 3.05) is 23.0 Å². The smallest absolute Gasteiger partial charge is 0.162 e. The predicted molar refractivity (Wildman–Crippen MR) is 70.6 cm³/mol. The van der Waals surface area contributed by atoms with Gasteiger partial charge in [-0.1, -0.05) is 11.6 Å². The zero-order chi connectivity index (χ0) is 11.5. The molecule has 1 aromatic heterocycles. The summed E-state index contributed by atoms with van der Waals surface area (Å²) in [6, 6.07) is 2.61. The lowest BCUT2D eigenvalue weighted by atomic mass is 10.2. The van der Waals surface area contributed by atoms with Crippen LogP contribution >= 0.6 is 34.9 Å². The van der Waals surface area contributed by atoms with E-state index in [0.29, 0.717) is 16.8 Å². The Labute approximate surface area is 109 Å². The molecule has 0 radical (unpaired) electrons. The number of aromatic nitrogens is 1. The molecule has 3 nitrogen and oxygen atoms in total. The fourth-order valence-electron chi connectivity index (χ4n) is 1.75. The molecular weight excluding hydrogens is 262 g/mol. The third-order valence-corrected chi connectivity index (χ3v) is 4.95. The molecule has 2 heterocycles.